The number of piperidine rings is 1. The van der Waals surface area contributed by atoms with Crippen LogP contribution >= 0.6 is 0 Å². The standard InChI is InChI=1S/C21H23FN8O3/c1-14(2)33-21(31)28-7-5-16(6-8-28)30-20(10-23)15(11-25-30)12-32-17-3-4-19(18(22)9-17)29-13-24-26-27-29/h3-4,9,11,13-14,16H,5-8,12H2,1-2H3. The van der Waals surface area contributed by atoms with Crippen molar-refractivity contribution in [1.82, 2.24) is 34.9 Å². The lowest BCUT2D eigenvalue weighted by Gasteiger charge is -2.32. The van der Waals surface area contributed by atoms with Crippen LogP contribution in [0, 0.1) is 17.1 Å². The van der Waals surface area contributed by atoms with E-state index in [0.717, 1.165) is 0 Å². The normalized spacial score (nSPS) is 14.3. The van der Waals surface area contributed by atoms with Crippen LogP contribution in [0.2, 0.25) is 0 Å². The van der Waals surface area contributed by atoms with Crippen LogP contribution in [0.5, 0.6) is 5.75 Å². The maximum Gasteiger partial charge on any atom is 0.410 e. The van der Waals surface area contributed by atoms with Gasteiger partial charge in [-0.2, -0.15) is 15.0 Å². The second-order valence-electron chi connectivity index (χ2n) is 7.88. The lowest BCUT2D eigenvalue weighted by atomic mass is 10.1. The number of aromatic nitrogens is 6. The minimum absolute atomic E-state index is 0.00971. The SMILES string of the molecule is CC(C)OC(=O)N1CCC(n2ncc(COc3ccc(-n4cnnn4)c(F)c3)c2C#N)CC1. The Morgan fingerprint density at radius 2 is 2.12 bits per heavy atom. The van der Waals surface area contributed by atoms with Crippen LogP contribution < -0.4 is 4.74 Å². The molecule has 1 saturated heterocycles. The number of nitriles is 1. The van der Waals surface area contributed by atoms with Crippen molar-refractivity contribution in [2.24, 2.45) is 0 Å². The summed E-state index contributed by atoms with van der Waals surface area (Å²) in [6, 6.07) is 6.53. The van der Waals surface area contributed by atoms with Gasteiger partial charge in [0.1, 0.15) is 36.1 Å². The van der Waals surface area contributed by atoms with E-state index in [9.17, 15) is 14.4 Å². The summed E-state index contributed by atoms with van der Waals surface area (Å²) in [6.07, 6.45) is 3.71. The Hall–Kier alpha value is -4.01. The first-order valence-electron chi connectivity index (χ1n) is 10.5. The van der Waals surface area contributed by atoms with Gasteiger partial charge in [0.25, 0.3) is 0 Å². The van der Waals surface area contributed by atoms with Gasteiger partial charge in [0.05, 0.1) is 18.3 Å². The third-order valence-corrected chi connectivity index (χ3v) is 5.29. The summed E-state index contributed by atoms with van der Waals surface area (Å²) in [4.78, 5) is 13.8. The molecular formula is C21H23FN8O3. The highest BCUT2D eigenvalue weighted by atomic mass is 19.1. The zero-order chi connectivity index (χ0) is 23.4. The first-order chi connectivity index (χ1) is 16.0. The van der Waals surface area contributed by atoms with E-state index >= 15 is 0 Å². The number of carbonyl (C=O) groups is 1. The average molecular weight is 454 g/mol. The van der Waals surface area contributed by atoms with E-state index in [2.05, 4.69) is 26.7 Å². The Bertz CT molecular complexity index is 1150. The van der Waals surface area contributed by atoms with Gasteiger partial charge in [-0.1, -0.05) is 0 Å². The van der Waals surface area contributed by atoms with Crippen molar-refractivity contribution in [3.05, 3.63) is 47.8 Å². The van der Waals surface area contributed by atoms with Crippen molar-refractivity contribution < 1.29 is 18.7 Å². The molecule has 1 fully saturated rings. The fourth-order valence-electron chi connectivity index (χ4n) is 3.67. The Morgan fingerprint density at radius 1 is 1.33 bits per heavy atom. The second-order valence-corrected chi connectivity index (χ2v) is 7.88. The fourth-order valence-corrected chi connectivity index (χ4v) is 3.67. The maximum atomic E-state index is 14.4. The number of hydrogen-bond acceptors (Lipinski definition) is 8. The first-order valence-corrected chi connectivity index (χ1v) is 10.5. The largest absolute Gasteiger partial charge is 0.489 e. The van der Waals surface area contributed by atoms with Crippen molar-refractivity contribution in [1.29, 1.82) is 5.26 Å². The molecule has 4 rings (SSSR count). The third-order valence-electron chi connectivity index (χ3n) is 5.29. The summed E-state index contributed by atoms with van der Waals surface area (Å²) >= 11 is 0. The molecular weight excluding hydrogens is 431 g/mol. The molecule has 1 aliphatic heterocycles. The number of hydrogen-bond donors (Lipinski definition) is 0. The van der Waals surface area contributed by atoms with Crippen LogP contribution in [-0.4, -0.2) is 60.2 Å². The zero-order valence-electron chi connectivity index (χ0n) is 18.3. The quantitative estimate of drug-likeness (QED) is 0.557. The summed E-state index contributed by atoms with van der Waals surface area (Å²) in [5, 5.41) is 24.7. The number of rotatable bonds is 6. The lowest BCUT2D eigenvalue weighted by molar-refractivity contribution is 0.0652. The summed E-state index contributed by atoms with van der Waals surface area (Å²) in [6.45, 7) is 4.74. The van der Waals surface area contributed by atoms with E-state index in [1.165, 1.54) is 23.1 Å². The van der Waals surface area contributed by atoms with Crippen LogP contribution in [0.3, 0.4) is 0 Å². The van der Waals surface area contributed by atoms with Crippen LogP contribution in [0.1, 0.15) is 44.0 Å². The molecule has 0 N–H and O–H groups in total. The molecule has 0 atom stereocenters. The molecule has 0 saturated carbocycles. The van der Waals surface area contributed by atoms with Crippen molar-refractivity contribution >= 4 is 6.09 Å². The minimum Gasteiger partial charge on any atom is -0.489 e. The highest BCUT2D eigenvalue weighted by Gasteiger charge is 2.27. The number of ether oxygens (including phenoxy) is 2. The van der Waals surface area contributed by atoms with E-state index in [-0.39, 0.29) is 30.5 Å². The lowest BCUT2D eigenvalue weighted by Crippen LogP contribution is -2.40. The van der Waals surface area contributed by atoms with Gasteiger partial charge in [-0.15, -0.1) is 5.10 Å². The molecule has 3 aromatic rings. The molecule has 172 valence electrons. The van der Waals surface area contributed by atoms with Gasteiger partial charge in [0.15, 0.2) is 5.82 Å². The summed E-state index contributed by atoms with van der Waals surface area (Å²) in [5.74, 6) is -0.239. The molecule has 2 aromatic heterocycles. The fraction of sp³-hybridized carbons (Fsp3) is 0.429. The Morgan fingerprint density at radius 3 is 2.76 bits per heavy atom. The average Bonchev–Trinajstić information content (AvgIpc) is 3.47. The number of likely N-dealkylation sites (tertiary alicyclic amines) is 1. The van der Waals surface area contributed by atoms with Crippen molar-refractivity contribution in [3.8, 4) is 17.5 Å². The molecule has 1 aromatic carbocycles. The van der Waals surface area contributed by atoms with Crippen LogP contribution in [0.25, 0.3) is 5.69 Å². The molecule has 1 aliphatic rings. The van der Waals surface area contributed by atoms with Gasteiger partial charge in [-0.3, -0.25) is 4.68 Å². The van der Waals surface area contributed by atoms with Crippen molar-refractivity contribution in [3.63, 3.8) is 0 Å². The summed E-state index contributed by atoms with van der Waals surface area (Å²) in [5.41, 5.74) is 1.19. The van der Waals surface area contributed by atoms with E-state index in [4.69, 9.17) is 9.47 Å². The third kappa shape index (κ3) is 4.92. The van der Waals surface area contributed by atoms with Gasteiger partial charge in [0.2, 0.25) is 0 Å². The molecule has 0 unspecified atom stereocenters. The number of carbonyl (C=O) groups excluding carboxylic acids is 1. The summed E-state index contributed by atoms with van der Waals surface area (Å²) in [7, 11) is 0. The van der Waals surface area contributed by atoms with Crippen LogP contribution in [-0.2, 0) is 11.3 Å². The number of halogens is 1. The number of amides is 1. The van der Waals surface area contributed by atoms with E-state index < -0.39 is 5.82 Å². The molecule has 3 heterocycles. The van der Waals surface area contributed by atoms with Crippen molar-refractivity contribution in [2.45, 2.75) is 45.4 Å². The monoisotopic (exact) mass is 454 g/mol. The van der Waals surface area contributed by atoms with Gasteiger partial charge in [-0.25, -0.2) is 9.18 Å². The van der Waals surface area contributed by atoms with E-state index in [1.54, 1.807) is 21.8 Å². The maximum absolute atomic E-state index is 14.4. The molecule has 0 bridgehead atoms. The van der Waals surface area contributed by atoms with Gasteiger partial charge < -0.3 is 14.4 Å². The predicted octanol–water partition coefficient (Wildman–Crippen LogP) is 2.63. The number of benzene rings is 1. The van der Waals surface area contributed by atoms with Gasteiger partial charge in [-0.05, 0) is 49.2 Å². The summed E-state index contributed by atoms with van der Waals surface area (Å²) < 4.78 is 28.2. The highest BCUT2D eigenvalue weighted by Crippen LogP contribution is 2.26. The minimum atomic E-state index is -0.543. The predicted molar refractivity (Wildman–Crippen MR) is 112 cm³/mol. The van der Waals surface area contributed by atoms with E-state index in [1.807, 2.05) is 13.8 Å². The molecule has 1 amide bonds. The second kappa shape index (κ2) is 9.64. The Kier molecular flexibility index (Phi) is 6.48. The molecule has 0 radical (unpaired) electrons. The highest BCUT2D eigenvalue weighted by molar-refractivity contribution is 5.67. The number of nitrogens with zero attached hydrogens (tertiary/aromatic N) is 8. The zero-order valence-corrected chi connectivity index (χ0v) is 18.3. The molecule has 0 spiro atoms. The van der Waals surface area contributed by atoms with Crippen molar-refractivity contribution in [2.75, 3.05) is 13.1 Å². The number of tetrazole rings is 1. The Balaban J connectivity index is 1.39. The van der Waals surface area contributed by atoms with Crippen LogP contribution in [0.15, 0.2) is 30.7 Å². The molecule has 12 heteroatoms. The molecule has 11 nitrogen and oxygen atoms in total. The van der Waals surface area contributed by atoms with E-state index in [0.29, 0.717) is 42.9 Å². The Labute approximate surface area is 189 Å². The first kappa shape index (κ1) is 22.2. The molecule has 0 aliphatic carbocycles. The van der Waals surface area contributed by atoms with Gasteiger partial charge in [0, 0.05) is 24.7 Å². The smallest absolute Gasteiger partial charge is 0.410 e. The topological polar surface area (TPSA) is 124 Å². The van der Waals surface area contributed by atoms with Crippen LogP contribution in [0.4, 0.5) is 9.18 Å². The van der Waals surface area contributed by atoms with Gasteiger partial charge >= 0.3 is 6.09 Å². The molecule has 33 heavy (non-hydrogen) atoms.